The molecule has 0 spiro atoms. The van der Waals surface area contributed by atoms with Gasteiger partial charge in [0.15, 0.2) is 0 Å². The van der Waals surface area contributed by atoms with Gasteiger partial charge in [-0.3, -0.25) is 9.59 Å². The lowest BCUT2D eigenvalue weighted by molar-refractivity contribution is -0.116. The highest BCUT2D eigenvalue weighted by atomic mass is 32.1. The molecule has 1 aromatic rings. The molecule has 2 rings (SSSR count). The lowest BCUT2D eigenvalue weighted by Gasteiger charge is -2.36. The fourth-order valence-electron chi connectivity index (χ4n) is 4.15. The molecule has 0 saturated heterocycles. The van der Waals surface area contributed by atoms with Gasteiger partial charge < -0.3 is 11.1 Å². The van der Waals surface area contributed by atoms with Crippen LogP contribution in [0.1, 0.15) is 106 Å². The number of hydrogen-bond acceptors (Lipinski definition) is 3. The molecule has 1 aliphatic rings. The summed E-state index contributed by atoms with van der Waals surface area (Å²) in [7, 11) is 0. The van der Waals surface area contributed by atoms with Crippen LogP contribution in [0.5, 0.6) is 0 Å². The van der Waals surface area contributed by atoms with Gasteiger partial charge in [0, 0.05) is 11.3 Å². The van der Waals surface area contributed by atoms with Gasteiger partial charge in [0.05, 0.1) is 5.56 Å². The Morgan fingerprint density at radius 3 is 2.46 bits per heavy atom. The summed E-state index contributed by atoms with van der Waals surface area (Å²) in [5, 5.41) is 3.67. The van der Waals surface area contributed by atoms with E-state index in [2.05, 4.69) is 33.0 Å². The van der Waals surface area contributed by atoms with Crippen molar-refractivity contribution in [2.75, 3.05) is 5.32 Å². The Hall–Kier alpha value is -1.36. The molecular formula is C23H38N2O2S. The van der Waals surface area contributed by atoms with E-state index in [0.29, 0.717) is 22.9 Å². The van der Waals surface area contributed by atoms with E-state index in [1.165, 1.54) is 30.6 Å². The molecule has 0 fully saturated rings. The summed E-state index contributed by atoms with van der Waals surface area (Å²) in [6.07, 6.45) is 11.5. The molecule has 158 valence electrons. The van der Waals surface area contributed by atoms with E-state index in [9.17, 15) is 9.59 Å². The van der Waals surface area contributed by atoms with Crippen LogP contribution < -0.4 is 11.1 Å². The van der Waals surface area contributed by atoms with Crippen molar-refractivity contribution in [1.82, 2.24) is 0 Å². The van der Waals surface area contributed by atoms with Crippen LogP contribution in [0, 0.1) is 11.3 Å². The average Bonchev–Trinajstić information content (AvgIpc) is 3.01. The third-order valence-electron chi connectivity index (χ3n) is 6.54. The molecule has 3 N–H and O–H groups in total. The lowest BCUT2D eigenvalue weighted by atomic mass is 9.69. The molecule has 1 heterocycles. The summed E-state index contributed by atoms with van der Waals surface area (Å²) in [6.45, 7) is 9.10. The van der Waals surface area contributed by atoms with E-state index >= 15 is 0 Å². The molecule has 28 heavy (non-hydrogen) atoms. The van der Waals surface area contributed by atoms with E-state index < -0.39 is 5.91 Å². The maximum absolute atomic E-state index is 12.4. The van der Waals surface area contributed by atoms with Gasteiger partial charge in [-0.15, -0.1) is 11.3 Å². The fourth-order valence-corrected chi connectivity index (χ4v) is 5.49. The molecule has 1 atom stereocenters. The Labute approximate surface area is 174 Å². The topological polar surface area (TPSA) is 72.2 Å². The Balaban J connectivity index is 2.01. The van der Waals surface area contributed by atoms with E-state index in [4.69, 9.17) is 5.73 Å². The summed E-state index contributed by atoms with van der Waals surface area (Å²) in [5.74, 6) is 0.193. The van der Waals surface area contributed by atoms with Gasteiger partial charge in [-0.25, -0.2) is 0 Å². The SMILES string of the molecule is CCCCCCCCC(=O)Nc1sc2c(c1C(N)=O)CC[C@H](C(C)(C)CC)C2. The number of amides is 2. The first-order valence-electron chi connectivity index (χ1n) is 11.0. The predicted octanol–water partition coefficient (Wildman–Crippen LogP) is 6.08. The van der Waals surface area contributed by atoms with Crippen LogP contribution in [0.4, 0.5) is 5.00 Å². The second-order valence-corrected chi connectivity index (χ2v) is 10.0. The number of unbranched alkanes of at least 4 members (excludes halogenated alkanes) is 5. The van der Waals surface area contributed by atoms with Gasteiger partial charge in [0.25, 0.3) is 5.91 Å². The van der Waals surface area contributed by atoms with E-state index in [-0.39, 0.29) is 11.3 Å². The first-order chi connectivity index (χ1) is 13.3. The normalized spacial score (nSPS) is 16.6. The number of hydrogen-bond donors (Lipinski definition) is 2. The lowest BCUT2D eigenvalue weighted by Crippen LogP contribution is -2.29. The smallest absolute Gasteiger partial charge is 0.251 e. The summed E-state index contributed by atoms with van der Waals surface area (Å²) in [6, 6.07) is 0. The van der Waals surface area contributed by atoms with Crippen LogP contribution in [0.3, 0.4) is 0 Å². The number of fused-ring (bicyclic) bond motifs is 1. The zero-order valence-electron chi connectivity index (χ0n) is 18.2. The second kappa shape index (κ2) is 10.4. The van der Waals surface area contributed by atoms with E-state index in [1.54, 1.807) is 11.3 Å². The summed E-state index contributed by atoms with van der Waals surface area (Å²) in [5.41, 5.74) is 7.62. The number of primary amides is 1. The number of nitrogens with two attached hydrogens (primary N) is 1. The van der Waals surface area contributed by atoms with E-state index in [0.717, 1.165) is 44.1 Å². The molecule has 1 aromatic heterocycles. The number of thiophene rings is 1. The number of rotatable bonds is 11. The van der Waals surface area contributed by atoms with Crippen molar-refractivity contribution in [3.05, 3.63) is 16.0 Å². The molecule has 0 bridgehead atoms. The van der Waals surface area contributed by atoms with Crippen LogP contribution in [0.25, 0.3) is 0 Å². The molecule has 0 radical (unpaired) electrons. The van der Waals surface area contributed by atoms with Crippen molar-refractivity contribution in [1.29, 1.82) is 0 Å². The van der Waals surface area contributed by atoms with Crippen molar-refractivity contribution < 1.29 is 9.59 Å². The quantitative estimate of drug-likeness (QED) is 0.437. The van der Waals surface area contributed by atoms with Crippen LogP contribution in [-0.2, 0) is 17.6 Å². The van der Waals surface area contributed by atoms with Crippen molar-refractivity contribution in [2.24, 2.45) is 17.1 Å². The maximum Gasteiger partial charge on any atom is 0.251 e. The molecule has 0 saturated carbocycles. The largest absolute Gasteiger partial charge is 0.365 e. The highest BCUT2D eigenvalue weighted by molar-refractivity contribution is 7.17. The Kier molecular flexibility index (Phi) is 8.54. The van der Waals surface area contributed by atoms with Gasteiger partial charge >= 0.3 is 0 Å². The van der Waals surface area contributed by atoms with Gasteiger partial charge in [0.1, 0.15) is 5.00 Å². The highest BCUT2D eigenvalue weighted by Crippen LogP contribution is 2.45. The molecular weight excluding hydrogens is 368 g/mol. The first kappa shape index (κ1) is 22.9. The Morgan fingerprint density at radius 2 is 1.82 bits per heavy atom. The summed E-state index contributed by atoms with van der Waals surface area (Å²) >= 11 is 1.57. The zero-order chi connectivity index (χ0) is 20.7. The summed E-state index contributed by atoms with van der Waals surface area (Å²) < 4.78 is 0. The van der Waals surface area contributed by atoms with Crippen molar-refractivity contribution in [2.45, 2.75) is 98.3 Å². The number of nitrogens with one attached hydrogen (secondary N) is 1. The average molecular weight is 407 g/mol. The molecule has 0 aromatic carbocycles. The maximum atomic E-state index is 12.4. The molecule has 5 heteroatoms. The molecule has 4 nitrogen and oxygen atoms in total. The number of carbonyl (C=O) groups excluding carboxylic acids is 2. The third-order valence-corrected chi connectivity index (χ3v) is 7.71. The molecule has 0 aliphatic heterocycles. The van der Waals surface area contributed by atoms with Gasteiger partial charge in [-0.05, 0) is 42.6 Å². The minimum Gasteiger partial charge on any atom is -0.365 e. The highest BCUT2D eigenvalue weighted by Gasteiger charge is 2.34. The Morgan fingerprint density at radius 1 is 1.14 bits per heavy atom. The van der Waals surface area contributed by atoms with Gasteiger partial charge in [-0.2, -0.15) is 0 Å². The third kappa shape index (κ3) is 5.82. The minimum absolute atomic E-state index is 0.00188. The molecule has 0 unspecified atom stereocenters. The van der Waals surface area contributed by atoms with Crippen LogP contribution >= 0.6 is 11.3 Å². The minimum atomic E-state index is -0.416. The number of anilines is 1. The monoisotopic (exact) mass is 406 g/mol. The van der Waals surface area contributed by atoms with Crippen molar-refractivity contribution in [3.8, 4) is 0 Å². The van der Waals surface area contributed by atoms with Gasteiger partial charge in [-0.1, -0.05) is 66.2 Å². The molecule has 1 aliphatic carbocycles. The van der Waals surface area contributed by atoms with Crippen LogP contribution in [0.15, 0.2) is 0 Å². The Bertz CT molecular complexity index is 678. The van der Waals surface area contributed by atoms with Crippen LogP contribution in [0.2, 0.25) is 0 Å². The summed E-state index contributed by atoms with van der Waals surface area (Å²) in [4.78, 5) is 25.7. The fraction of sp³-hybridized carbons (Fsp3) is 0.739. The molecule has 2 amide bonds. The van der Waals surface area contributed by atoms with Crippen molar-refractivity contribution >= 4 is 28.2 Å². The van der Waals surface area contributed by atoms with Crippen LogP contribution in [-0.4, -0.2) is 11.8 Å². The first-order valence-corrected chi connectivity index (χ1v) is 11.9. The van der Waals surface area contributed by atoms with E-state index in [1.807, 2.05) is 0 Å². The standard InChI is InChI=1S/C23H38N2O2S/c1-5-7-8-9-10-11-12-19(26)25-22-20(21(24)27)17-14-13-16(15-18(17)28-22)23(3,4)6-2/h16H,5-15H2,1-4H3,(H2,24,27)(H,25,26)/t16-/m0/s1. The zero-order valence-corrected chi connectivity index (χ0v) is 19.0. The van der Waals surface area contributed by atoms with Gasteiger partial charge in [0.2, 0.25) is 5.91 Å². The van der Waals surface area contributed by atoms with Crippen molar-refractivity contribution in [3.63, 3.8) is 0 Å². The second-order valence-electron chi connectivity index (χ2n) is 8.92. The number of carbonyl (C=O) groups is 2. The predicted molar refractivity (Wildman–Crippen MR) is 119 cm³/mol.